The summed E-state index contributed by atoms with van der Waals surface area (Å²) in [6.45, 7) is 6.10. The number of amides is 1. The number of nitrogens with one attached hydrogen (secondary N) is 2. The Hall–Kier alpha value is -0.570. The molecule has 1 aliphatic carbocycles. The molecule has 86 valence electrons. The summed E-state index contributed by atoms with van der Waals surface area (Å²) in [4.78, 5) is 11.9. The number of fused-ring (bicyclic) bond motifs is 1. The van der Waals surface area contributed by atoms with E-state index >= 15 is 0 Å². The largest absolute Gasteiger partial charge is 0.354 e. The molecule has 0 radical (unpaired) electrons. The van der Waals surface area contributed by atoms with Crippen LogP contribution in [0.25, 0.3) is 0 Å². The highest BCUT2D eigenvalue weighted by Gasteiger charge is 2.42. The van der Waals surface area contributed by atoms with E-state index in [1.807, 2.05) is 0 Å². The highest BCUT2D eigenvalue weighted by molar-refractivity contribution is 5.82. The standard InChI is InChI=1S/C12H22N2O/c1-8(2)6-14-12(15)11-10-5-3-4-9(10)7-13-11/h8-11,13H,3-7H2,1-2H3,(H,14,15). The van der Waals surface area contributed by atoms with Crippen LogP contribution in [0.1, 0.15) is 33.1 Å². The molecule has 2 N–H and O–H groups in total. The van der Waals surface area contributed by atoms with E-state index in [4.69, 9.17) is 0 Å². The second-order valence-electron chi connectivity index (χ2n) is 5.38. The van der Waals surface area contributed by atoms with Crippen molar-refractivity contribution in [1.82, 2.24) is 10.6 Å². The van der Waals surface area contributed by atoms with Gasteiger partial charge in [-0.25, -0.2) is 0 Å². The van der Waals surface area contributed by atoms with Gasteiger partial charge in [0.1, 0.15) is 0 Å². The summed E-state index contributed by atoms with van der Waals surface area (Å²) in [6.07, 6.45) is 3.86. The number of rotatable bonds is 3. The SMILES string of the molecule is CC(C)CNC(=O)C1NCC2CCCC21. The summed E-state index contributed by atoms with van der Waals surface area (Å²) in [6, 6.07) is 0.0937. The van der Waals surface area contributed by atoms with Gasteiger partial charge >= 0.3 is 0 Å². The molecule has 2 fully saturated rings. The van der Waals surface area contributed by atoms with Crippen LogP contribution in [0.2, 0.25) is 0 Å². The van der Waals surface area contributed by atoms with Crippen molar-refractivity contribution in [3.63, 3.8) is 0 Å². The lowest BCUT2D eigenvalue weighted by Gasteiger charge is -2.18. The van der Waals surface area contributed by atoms with Crippen molar-refractivity contribution in [1.29, 1.82) is 0 Å². The predicted octanol–water partition coefficient (Wildman–Crippen LogP) is 1.15. The monoisotopic (exact) mass is 210 g/mol. The zero-order chi connectivity index (χ0) is 10.8. The topological polar surface area (TPSA) is 41.1 Å². The van der Waals surface area contributed by atoms with E-state index in [0.717, 1.165) is 19.0 Å². The zero-order valence-corrected chi connectivity index (χ0v) is 9.75. The summed E-state index contributed by atoms with van der Waals surface area (Å²) < 4.78 is 0. The van der Waals surface area contributed by atoms with Gasteiger partial charge in [-0.1, -0.05) is 20.3 Å². The lowest BCUT2D eigenvalue weighted by Crippen LogP contribution is -2.44. The van der Waals surface area contributed by atoms with Gasteiger partial charge in [-0.3, -0.25) is 4.79 Å². The predicted molar refractivity (Wildman–Crippen MR) is 60.5 cm³/mol. The molecule has 0 spiro atoms. The Kier molecular flexibility index (Phi) is 3.29. The van der Waals surface area contributed by atoms with Gasteiger partial charge in [-0.15, -0.1) is 0 Å². The molecule has 3 unspecified atom stereocenters. The second-order valence-corrected chi connectivity index (χ2v) is 5.38. The minimum atomic E-state index is 0.0937. The van der Waals surface area contributed by atoms with Gasteiger partial charge in [0.05, 0.1) is 6.04 Å². The number of hydrogen-bond donors (Lipinski definition) is 2. The maximum Gasteiger partial charge on any atom is 0.237 e. The summed E-state index contributed by atoms with van der Waals surface area (Å²) in [5, 5.41) is 6.41. The molecule has 1 saturated carbocycles. The van der Waals surface area contributed by atoms with Crippen LogP contribution in [0.3, 0.4) is 0 Å². The Morgan fingerprint density at radius 2 is 2.27 bits per heavy atom. The molecular formula is C12H22N2O. The van der Waals surface area contributed by atoms with E-state index in [-0.39, 0.29) is 11.9 Å². The lowest BCUT2D eigenvalue weighted by molar-refractivity contribution is -0.123. The van der Waals surface area contributed by atoms with Crippen LogP contribution in [0.4, 0.5) is 0 Å². The molecule has 3 atom stereocenters. The Morgan fingerprint density at radius 1 is 1.47 bits per heavy atom. The Labute approximate surface area is 92.0 Å². The molecule has 3 heteroatoms. The molecule has 2 rings (SSSR count). The lowest BCUT2D eigenvalue weighted by atomic mass is 9.93. The van der Waals surface area contributed by atoms with E-state index in [9.17, 15) is 4.79 Å². The van der Waals surface area contributed by atoms with Crippen LogP contribution < -0.4 is 10.6 Å². The smallest absolute Gasteiger partial charge is 0.237 e. The third-order valence-corrected chi connectivity index (χ3v) is 3.71. The molecule has 3 nitrogen and oxygen atoms in total. The van der Waals surface area contributed by atoms with Gasteiger partial charge in [0.2, 0.25) is 5.91 Å². The maximum atomic E-state index is 11.9. The number of carbonyl (C=O) groups is 1. The molecule has 2 aliphatic rings. The zero-order valence-electron chi connectivity index (χ0n) is 9.75. The summed E-state index contributed by atoms with van der Waals surface area (Å²) >= 11 is 0. The number of carbonyl (C=O) groups excluding carboxylic acids is 1. The fraction of sp³-hybridized carbons (Fsp3) is 0.917. The quantitative estimate of drug-likeness (QED) is 0.733. The molecule has 1 aliphatic heterocycles. The van der Waals surface area contributed by atoms with E-state index < -0.39 is 0 Å². The first-order chi connectivity index (χ1) is 7.18. The normalized spacial score (nSPS) is 34.5. The minimum Gasteiger partial charge on any atom is -0.354 e. The van der Waals surface area contributed by atoms with Crippen molar-refractivity contribution in [2.24, 2.45) is 17.8 Å². The summed E-state index contributed by atoms with van der Waals surface area (Å²) in [5.41, 5.74) is 0. The van der Waals surface area contributed by atoms with E-state index in [2.05, 4.69) is 24.5 Å². The molecule has 1 heterocycles. The van der Waals surface area contributed by atoms with E-state index in [0.29, 0.717) is 11.8 Å². The van der Waals surface area contributed by atoms with Gasteiger partial charge in [0, 0.05) is 6.54 Å². The van der Waals surface area contributed by atoms with Crippen molar-refractivity contribution in [2.75, 3.05) is 13.1 Å². The van der Waals surface area contributed by atoms with E-state index in [1.54, 1.807) is 0 Å². The van der Waals surface area contributed by atoms with Crippen LogP contribution >= 0.6 is 0 Å². The second kappa shape index (κ2) is 4.52. The average Bonchev–Trinajstić information content (AvgIpc) is 2.74. The minimum absolute atomic E-state index is 0.0937. The fourth-order valence-corrected chi connectivity index (χ4v) is 2.89. The van der Waals surface area contributed by atoms with E-state index in [1.165, 1.54) is 19.3 Å². The van der Waals surface area contributed by atoms with Gasteiger partial charge in [-0.05, 0) is 37.1 Å². The maximum absolute atomic E-state index is 11.9. The van der Waals surface area contributed by atoms with Gasteiger partial charge < -0.3 is 10.6 Å². The van der Waals surface area contributed by atoms with Crippen molar-refractivity contribution < 1.29 is 4.79 Å². The third-order valence-electron chi connectivity index (χ3n) is 3.71. The van der Waals surface area contributed by atoms with Crippen molar-refractivity contribution in [3.8, 4) is 0 Å². The highest BCUT2D eigenvalue weighted by atomic mass is 16.2. The summed E-state index contributed by atoms with van der Waals surface area (Å²) in [5.74, 6) is 2.13. The fourth-order valence-electron chi connectivity index (χ4n) is 2.89. The Balaban J connectivity index is 1.85. The van der Waals surface area contributed by atoms with Crippen LogP contribution in [0.5, 0.6) is 0 Å². The van der Waals surface area contributed by atoms with Crippen molar-refractivity contribution in [3.05, 3.63) is 0 Å². The van der Waals surface area contributed by atoms with Crippen LogP contribution in [0, 0.1) is 17.8 Å². The molecule has 1 saturated heterocycles. The van der Waals surface area contributed by atoms with Crippen molar-refractivity contribution in [2.45, 2.75) is 39.2 Å². The molecule has 0 aromatic rings. The Morgan fingerprint density at radius 3 is 3.00 bits per heavy atom. The molecule has 15 heavy (non-hydrogen) atoms. The molecular weight excluding hydrogens is 188 g/mol. The number of hydrogen-bond acceptors (Lipinski definition) is 2. The molecule has 1 amide bonds. The van der Waals surface area contributed by atoms with Gasteiger partial charge in [0.25, 0.3) is 0 Å². The first-order valence-electron chi connectivity index (χ1n) is 6.19. The molecule has 0 bridgehead atoms. The van der Waals surface area contributed by atoms with Crippen molar-refractivity contribution >= 4 is 5.91 Å². The van der Waals surface area contributed by atoms with Crippen LogP contribution in [0.15, 0.2) is 0 Å². The molecule has 0 aromatic carbocycles. The summed E-state index contributed by atoms with van der Waals surface area (Å²) in [7, 11) is 0. The third kappa shape index (κ3) is 2.33. The van der Waals surface area contributed by atoms with Gasteiger partial charge in [-0.2, -0.15) is 0 Å². The first kappa shape index (κ1) is 10.9. The average molecular weight is 210 g/mol. The Bertz CT molecular complexity index is 240. The highest BCUT2D eigenvalue weighted by Crippen LogP contribution is 2.37. The molecule has 0 aromatic heterocycles. The van der Waals surface area contributed by atoms with Gasteiger partial charge in [0.15, 0.2) is 0 Å². The van der Waals surface area contributed by atoms with Crippen LogP contribution in [-0.2, 0) is 4.79 Å². The first-order valence-corrected chi connectivity index (χ1v) is 6.19. The van der Waals surface area contributed by atoms with Crippen LogP contribution in [-0.4, -0.2) is 25.0 Å².